The minimum absolute atomic E-state index is 0.196. The molecule has 26 heavy (non-hydrogen) atoms. The molecule has 2 unspecified atom stereocenters. The molecule has 0 saturated carbocycles. The summed E-state index contributed by atoms with van der Waals surface area (Å²) in [4.78, 5) is 24.2. The number of ether oxygens (including phenoxy) is 4. The Morgan fingerprint density at radius 2 is 1.19 bits per heavy atom. The second-order valence-electron chi connectivity index (χ2n) is 8.02. The van der Waals surface area contributed by atoms with Gasteiger partial charge in [-0.2, -0.15) is 0 Å². The van der Waals surface area contributed by atoms with Gasteiger partial charge in [0.05, 0.1) is 13.2 Å². The van der Waals surface area contributed by atoms with Crippen LogP contribution in [0.5, 0.6) is 0 Å². The average Bonchev–Trinajstić information content (AvgIpc) is 3.09. The Labute approximate surface area is 154 Å². The van der Waals surface area contributed by atoms with Crippen LogP contribution < -0.4 is 11.5 Å². The van der Waals surface area contributed by atoms with Crippen LogP contribution in [-0.2, 0) is 28.5 Å². The molecule has 6 atom stereocenters. The fourth-order valence-corrected chi connectivity index (χ4v) is 3.31. The van der Waals surface area contributed by atoms with E-state index in [-0.39, 0.29) is 13.2 Å². The lowest BCUT2D eigenvalue weighted by molar-refractivity contribution is -0.157. The SMILES string of the molecule is CC(C)C[C@H](N)C(=O)O[C@H]1COC2C1OC[C@H]2OC(=O)[C@@H](N)CC(C)C. The maximum atomic E-state index is 12.1. The second kappa shape index (κ2) is 9.12. The molecule has 0 aromatic rings. The molecule has 2 fully saturated rings. The molecule has 8 heteroatoms. The van der Waals surface area contributed by atoms with Crippen LogP contribution in [0.3, 0.4) is 0 Å². The predicted molar refractivity (Wildman–Crippen MR) is 94.1 cm³/mol. The van der Waals surface area contributed by atoms with Crippen molar-refractivity contribution < 1.29 is 28.5 Å². The van der Waals surface area contributed by atoms with Gasteiger partial charge < -0.3 is 30.4 Å². The van der Waals surface area contributed by atoms with Crippen molar-refractivity contribution in [3.63, 3.8) is 0 Å². The van der Waals surface area contributed by atoms with Crippen molar-refractivity contribution in [3.8, 4) is 0 Å². The van der Waals surface area contributed by atoms with Gasteiger partial charge in [-0.25, -0.2) is 0 Å². The highest BCUT2D eigenvalue weighted by Gasteiger charge is 2.51. The third-order valence-corrected chi connectivity index (χ3v) is 4.55. The standard InChI is InChI=1S/C18H32N2O6/c1-9(2)5-11(19)17(21)25-13-7-23-16-14(8-24-15(13)16)26-18(22)12(20)6-10(3)4/h9-16H,5-8,19-20H2,1-4H3/t11-,12-,13-,14+,15?,16?/m0/s1. The fourth-order valence-electron chi connectivity index (χ4n) is 3.31. The smallest absolute Gasteiger partial charge is 0.323 e. The summed E-state index contributed by atoms with van der Waals surface area (Å²) < 4.78 is 22.3. The summed E-state index contributed by atoms with van der Waals surface area (Å²) in [5.74, 6) is -0.328. The van der Waals surface area contributed by atoms with Gasteiger partial charge in [-0.05, 0) is 24.7 Å². The molecular weight excluding hydrogens is 340 g/mol. The molecule has 2 heterocycles. The highest BCUT2D eigenvalue weighted by molar-refractivity contribution is 5.76. The van der Waals surface area contributed by atoms with E-state index < -0.39 is 48.4 Å². The van der Waals surface area contributed by atoms with E-state index in [1.54, 1.807) is 0 Å². The summed E-state index contributed by atoms with van der Waals surface area (Å²) in [6, 6.07) is -1.34. The number of esters is 2. The lowest BCUT2D eigenvalue weighted by Gasteiger charge is -2.20. The van der Waals surface area contributed by atoms with Gasteiger partial charge in [0.2, 0.25) is 0 Å². The number of carbonyl (C=O) groups is 2. The van der Waals surface area contributed by atoms with E-state index in [9.17, 15) is 9.59 Å². The first-order chi connectivity index (χ1) is 12.2. The zero-order valence-electron chi connectivity index (χ0n) is 16.1. The number of hydrogen-bond acceptors (Lipinski definition) is 8. The monoisotopic (exact) mass is 372 g/mol. The summed E-state index contributed by atoms with van der Waals surface area (Å²) >= 11 is 0. The predicted octanol–water partition coefficient (Wildman–Crippen LogP) is 0.354. The molecule has 2 aliphatic rings. The van der Waals surface area contributed by atoms with Crippen molar-refractivity contribution in [3.05, 3.63) is 0 Å². The summed E-state index contributed by atoms with van der Waals surface area (Å²) in [6.07, 6.45) is -0.892. The van der Waals surface area contributed by atoms with Crippen molar-refractivity contribution in [2.24, 2.45) is 23.3 Å². The van der Waals surface area contributed by atoms with Crippen LogP contribution in [0.15, 0.2) is 0 Å². The fraction of sp³-hybridized carbons (Fsp3) is 0.889. The molecular formula is C18H32N2O6. The topological polar surface area (TPSA) is 123 Å². The molecule has 0 bridgehead atoms. The maximum Gasteiger partial charge on any atom is 0.323 e. The molecule has 0 amide bonds. The Morgan fingerprint density at radius 3 is 1.50 bits per heavy atom. The molecule has 150 valence electrons. The second-order valence-corrected chi connectivity index (χ2v) is 8.02. The number of hydrogen-bond donors (Lipinski definition) is 2. The molecule has 0 aromatic carbocycles. The van der Waals surface area contributed by atoms with Gasteiger partial charge in [-0.3, -0.25) is 9.59 Å². The van der Waals surface area contributed by atoms with Gasteiger partial charge in [0.25, 0.3) is 0 Å². The number of rotatable bonds is 8. The van der Waals surface area contributed by atoms with E-state index in [4.69, 9.17) is 30.4 Å². The first-order valence-corrected chi connectivity index (χ1v) is 9.34. The summed E-state index contributed by atoms with van der Waals surface area (Å²) in [6.45, 7) is 8.36. The molecule has 4 N–H and O–H groups in total. The number of nitrogens with two attached hydrogens (primary N) is 2. The van der Waals surface area contributed by atoms with Crippen LogP contribution in [-0.4, -0.2) is 61.7 Å². The Kier molecular flexibility index (Phi) is 7.40. The number of carbonyl (C=O) groups excluding carboxylic acids is 2. The highest BCUT2D eigenvalue weighted by atomic mass is 16.7. The summed E-state index contributed by atoms with van der Waals surface area (Å²) in [5, 5.41) is 0. The van der Waals surface area contributed by atoms with Crippen LogP contribution in [0.4, 0.5) is 0 Å². The van der Waals surface area contributed by atoms with Crippen LogP contribution in [0, 0.1) is 11.8 Å². The average molecular weight is 372 g/mol. The molecule has 8 nitrogen and oxygen atoms in total. The summed E-state index contributed by atoms with van der Waals surface area (Å²) in [5.41, 5.74) is 11.7. The van der Waals surface area contributed by atoms with Crippen LogP contribution in [0.1, 0.15) is 40.5 Å². The van der Waals surface area contributed by atoms with Gasteiger partial charge in [0.15, 0.2) is 12.2 Å². The van der Waals surface area contributed by atoms with Crippen molar-refractivity contribution >= 4 is 11.9 Å². The Hall–Kier alpha value is -1.22. The van der Waals surface area contributed by atoms with E-state index in [0.29, 0.717) is 24.7 Å². The Morgan fingerprint density at radius 1 is 0.846 bits per heavy atom. The van der Waals surface area contributed by atoms with Crippen molar-refractivity contribution in [2.75, 3.05) is 13.2 Å². The van der Waals surface area contributed by atoms with E-state index >= 15 is 0 Å². The van der Waals surface area contributed by atoms with E-state index in [2.05, 4.69) is 0 Å². The molecule has 0 radical (unpaired) electrons. The van der Waals surface area contributed by atoms with E-state index in [0.717, 1.165) is 0 Å². The molecule has 0 aromatic heterocycles. The minimum Gasteiger partial charge on any atom is -0.456 e. The highest BCUT2D eigenvalue weighted by Crippen LogP contribution is 2.31. The molecule has 0 aliphatic carbocycles. The first kappa shape index (κ1) is 21.1. The molecule has 2 saturated heterocycles. The lowest BCUT2D eigenvalue weighted by Crippen LogP contribution is -2.42. The van der Waals surface area contributed by atoms with Crippen LogP contribution in [0.25, 0.3) is 0 Å². The zero-order chi connectivity index (χ0) is 19.4. The van der Waals surface area contributed by atoms with E-state index in [1.807, 2.05) is 27.7 Å². The van der Waals surface area contributed by atoms with Crippen molar-refractivity contribution in [2.45, 2.75) is 77.0 Å². The molecule has 2 rings (SSSR count). The van der Waals surface area contributed by atoms with Gasteiger partial charge in [-0.1, -0.05) is 27.7 Å². The zero-order valence-corrected chi connectivity index (χ0v) is 16.1. The maximum absolute atomic E-state index is 12.1. The van der Waals surface area contributed by atoms with Gasteiger partial charge in [-0.15, -0.1) is 0 Å². The van der Waals surface area contributed by atoms with Gasteiger partial charge in [0.1, 0.15) is 24.3 Å². The number of fused-ring (bicyclic) bond motifs is 1. The minimum atomic E-state index is -0.668. The third kappa shape index (κ3) is 5.39. The normalized spacial score (nSPS) is 30.3. The Balaban J connectivity index is 1.85. The quantitative estimate of drug-likeness (QED) is 0.585. The van der Waals surface area contributed by atoms with Crippen LogP contribution >= 0.6 is 0 Å². The molecule has 0 spiro atoms. The van der Waals surface area contributed by atoms with Crippen LogP contribution in [0.2, 0.25) is 0 Å². The third-order valence-electron chi connectivity index (χ3n) is 4.55. The molecule has 2 aliphatic heterocycles. The van der Waals surface area contributed by atoms with Gasteiger partial charge in [0, 0.05) is 0 Å². The van der Waals surface area contributed by atoms with Gasteiger partial charge >= 0.3 is 11.9 Å². The summed E-state index contributed by atoms with van der Waals surface area (Å²) in [7, 11) is 0. The largest absolute Gasteiger partial charge is 0.456 e. The van der Waals surface area contributed by atoms with Crippen molar-refractivity contribution in [1.29, 1.82) is 0 Å². The van der Waals surface area contributed by atoms with Crippen molar-refractivity contribution in [1.82, 2.24) is 0 Å². The Bertz CT molecular complexity index is 454. The first-order valence-electron chi connectivity index (χ1n) is 9.34. The van der Waals surface area contributed by atoms with E-state index in [1.165, 1.54) is 0 Å². The lowest BCUT2D eigenvalue weighted by atomic mass is 10.0.